The highest BCUT2D eigenvalue weighted by atomic mass is 16.5. The molecule has 0 spiro atoms. The number of anilines is 3. The molecular weight excluding hydrogens is 258 g/mol. The van der Waals surface area contributed by atoms with Crippen LogP contribution in [0.1, 0.15) is 20.8 Å². The summed E-state index contributed by atoms with van der Waals surface area (Å²) in [7, 11) is 3.72. The Morgan fingerprint density at radius 2 is 1.85 bits per heavy atom. The van der Waals surface area contributed by atoms with Gasteiger partial charge in [-0.1, -0.05) is 13.8 Å². The fraction of sp³-hybridized carbons (Fsp3) is 0.750. The van der Waals surface area contributed by atoms with Gasteiger partial charge in [-0.3, -0.25) is 5.43 Å². The summed E-state index contributed by atoms with van der Waals surface area (Å²) in [6, 6.07) is 0.123. The summed E-state index contributed by atoms with van der Waals surface area (Å²) in [5.41, 5.74) is 2.45. The fourth-order valence-corrected chi connectivity index (χ4v) is 1.51. The van der Waals surface area contributed by atoms with Crippen molar-refractivity contribution in [3.8, 4) is 0 Å². The molecule has 0 radical (unpaired) electrons. The lowest BCUT2D eigenvalue weighted by atomic mass is 10.1. The fourth-order valence-electron chi connectivity index (χ4n) is 1.51. The molecule has 0 aliphatic carbocycles. The third kappa shape index (κ3) is 4.78. The molecule has 0 fully saturated rings. The minimum Gasteiger partial charge on any atom is -0.380 e. The average molecular weight is 283 g/mol. The molecule has 1 rings (SSSR count). The highest BCUT2D eigenvalue weighted by molar-refractivity contribution is 5.42. The number of rotatable bonds is 8. The molecule has 114 valence electrons. The van der Waals surface area contributed by atoms with E-state index in [1.54, 1.807) is 4.90 Å². The Morgan fingerprint density at radius 3 is 2.35 bits per heavy atom. The third-order valence-electron chi connectivity index (χ3n) is 2.77. The summed E-state index contributed by atoms with van der Waals surface area (Å²) in [5.74, 6) is 7.11. The smallest absolute Gasteiger partial charge is 0.243 e. The highest BCUT2D eigenvalue weighted by Crippen LogP contribution is 2.14. The number of nitrogens with two attached hydrogens (primary N) is 1. The van der Waals surface area contributed by atoms with Gasteiger partial charge in [-0.15, -0.1) is 0 Å². The Hall–Kier alpha value is -1.67. The van der Waals surface area contributed by atoms with Crippen LogP contribution in [0.15, 0.2) is 0 Å². The summed E-state index contributed by atoms with van der Waals surface area (Å²) >= 11 is 0. The van der Waals surface area contributed by atoms with E-state index < -0.39 is 0 Å². The summed E-state index contributed by atoms with van der Waals surface area (Å²) in [6.07, 6.45) is 0. The Morgan fingerprint density at radius 1 is 1.20 bits per heavy atom. The molecule has 0 aromatic carbocycles. The summed E-state index contributed by atoms with van der Waals surface area (Å²) in [6.45, 7) is 7.49. The predicted molar refractivity (Wildman–Crippen MR) is 80.7 cm³/mol. The van der Waals surface area contributed by atoms with Crippen molar-refractivity contribution in [1.29, 1.82) is 0 Å². The predicted octanol–water partition coefficient (Wildman–Crippen LogP) is 0.696. The number of hydrazine groups is 1. The largest absolute Gasteiger partial charge is 0.380 e. The van der Waals surface area contributed by atoms with Gasteiger partial charge in [-0.2, -0.15) is 15.0 Å². The standard InChI is InChI=1S/C12H25N7O/c1-6-20-7-9(8(2)3)14-10-15-11(18-13)17-12(16-10)19(4)5/h8-9H,6-7,13H2,1-5H3,(H2,14,15,16,17,18). The van der Waals surface area contributed by atoms with Gasteiger partial charge in [0, 0.05) is 20.7 Å². The maximum atomic E-state index is 5.48. The lowest BCUT2D eigenvalue weighted by Crippen LogP contribution is -2.32. The normalized spacial score (nSPS) is 12.3. The molecule has 1 aromatic rings. The van der Waals surface area contributed by atoms with Crippen molar-refractivity contribution in [1.82, 2.24) is 15.0 Å². The van der Waals surface area contributed by atoms with E-state index in [0.717, 1.165) is 0 Å². The maximum Gasteiger partial charge on any atom is 0.243 e. The van der Waals surface area contributed by atoms with E-state index in [2.05, 4.69) is 39.5 Å². The van der Waals surface area contributed by atoms with E-state index in [1.807, 2.05) is 21.0 Å². The number of hydrogen-bond acceptors (Lipinski definition) is 8. The topological polar surface area (TPSA) is 101 Å². The number of nitrogens with one attached hydrogen (secondary N) is 2. The molecule has 1 unspecified atom stereocenters. The van der Waals surface area contributed by atoms with Crippen molar-refractivity contribution < 1.29 is 4.74 Å². The Kier molecular flexibility index (Phi) is 6.40. The zero-order chi connectivity index (χ0) is 15.1. The zero-order valence-corrected chi connectivity index (χ0v) is 12.8. The number of aromatic nitrogens is 3. The van der Waals surface area contributed by atoms with E-state index >= 15 is 0 Å². The Bertz CT molecular complexity index is 411. The SMILES string of the molecule is CCOCC(Nc1nc(NN)nc(N(C)C)n1)C(C)C. The second-order valence-corrected chi connectivity index (χ2v) is 4.98. The molecule has 0 saturated heterocycles. The molecule has 20 heavy (non-hydrogen) atoms. The highest BCUT2D eigenvalue weighted by Gasteiger charge is 2.16. The van der Waals surface area contributed by atoms with Crippen LogP contribution in [0.3, 0.4) is 0 Å². The Labute approximate surface area is 120 Å². The van der Waals surface area contributed by atoms with Crippen molar-refractivity contribution in [3.05, 3.63) is 0 Å². The molecule has 8 heteroatoms. The third-order valence-corrected chi connectivity index (χ3v) is 2.77. The lowest BCUT2D eigenvalue weighted by Gasteiger charge is -2.22. The minimum atomic E-state index is 0.123. The Balaban J connectivity index is 2.90. The van der Waals surface area contributed by atoms with Gasteiger partial charge in [0.25, 0.3) is 0 Å². The van der Waals surface area contributed by atoms with Gasteiger partial charge in [-0.25, -0.2) is 5.84 Å². The molecule has 0 bridgehead atoms. The molecule has 0 aliphatic rings. The van der Waals surface area contributed by atoms with Gasteiger partial charge in [0.15, 0.2) is 0 Å². The van der Waals surface area contributed by atoms with Crippen LogP contribution in [0.25, 0.3) is 0 Å². The first kappa shape index (κ1) is 16.4. The average Bonchev–Trinajstić information content (AvgIpc) is 2.42. The van der Waals surface area contributed by atoms with E-state index in [-0.39, 0.29) is 6.04 Å². The van der Waals surface area contributed by atoms with Gasteiger partial charge in [0.1, 0.15) is 0 Å². The van der Waals surface area contributed by atoms with Crippen molar-refractivity contribution >= 4 is 17.8 Å². The van der Waals surface area contributed by atoms with Crippen LogP contribution in [0.5, 0.6) is 0 Å². The van der Waals surface area contributed by atoms with Gasteiger partial charge < -0.3 is 15.0 Å². The molecule has 0 aliphatic heterocycles. The molecule has 1 atom stereocenters. The van der Waals surface area contributed by atoms with Gasteiger partial charge in [0.2, 0.25) is 17.8 Å². The van der Waals surface area contributed by atoms with Gasteiger partial charge >= 0.3 is 0 Å². The van der Waals surface area contributed by atoms with Crippen molar-refractivity contribution in [3.63, 3.8) is 0 Å². The van der Waals surface area contributed by atoms with Gasteiger partial charge in [0.05, 0.1) is 12.6 Å². The van der Waals surface area contributed by atoms with Crippen LogP contribution in [0, 0.1) is 5.92 Å². The van der Waals surface area contributed by atoms with E-state index in [0.29, 0.717) is 37.0 Å². The quantitative estimate of drug-likeness (QED) is 0.473. The first-order chi connectivity index (χ1) is 9.47. The monoisotopic (exact) mass is 283 g/mol. The molecule has 1 heterocycles. The molecule has 1 aromatic heterocycles. The van der Waals surface area contributed by atoms with Crippen LogP contribution >= 0.6 is 0 Å². The van der Waals surface area contributed by atoms with E-state index in [1.165, 1.54) is 0 Å². The number of nitrogens with zero attached hydrogens (tertiary/aromatic N) is 4. The summed E-state index contributed by atoms with van der Waals surface area (Å²) in [5, 5.41) is 3.27. The van der Waals surface area contributed by atoms with Crippen LogP contribution < -0.4 is 21.5 Å². The number of ether oxygens (including phenoxy) is 1. The first-order valence-corrected chi connectivity index (χ1v) is 6.72. The molecular formula is C12H25N7O. The molecule has 0 saturated carbocycles. The second-order valence-electron chi connectivity index (χ2n) is 4.98. The number of hydrogen-bond donors (Lipinski definition) is 3. The van der Waals surface area contributed by atoms with Crippen molar-refractivity contribution in [2.24, 2.45) is 11.8 Å². The first-order valence-electron chi connectivity index (χ1n) is 6.72. The zero-order valence-electron chi connectivity index (χ0n) is 12.8. The van der Waals surface area contributed by atoms with Crippen LogP contribution in [0.4, 0.5) is 17.8 Å². The summed E-state index contributed by atoms with van der Waals surface area (Å²) < 4.78 is 5.48. The van der Waals surface area contributed by atoms with Crippen LogP contribution in [-0.4, -0.2) is 48.3 Å². The van der Waals surface area contributed by atoms with Crippen LogP contribution in [0.2, 0.25) is 0 Å². The van der Waals surface area contributed by atoms with E-state index in [4.69, 9.17) is 10.6 Å². The van der Waals surface area contributed by atoms with Crippen molar-refractivity contribution in [2.75, 3.05) is 43.0 Å². The molecule has 8 nitrogen and oxygen atoms in total. The lowest BCUT2D eigenvalue weighted by molar-refractivity contribution is 0.126. The van der Waals surface area contributed by atoms with Crippen LogP contribution in [-0.2, 0) is 4.74 Å². The maximum absolute atomic E-state index is 5.48. The van der Waals surface area contributed by atoms with E-state index in [9.17, 15) is 0 Å². The minimum absolute atomic E-state index is 0.123. The second kappa shape index (κ2) is 7.81. The summed E-state index contributed by atoms with van der Waals surface area (Å²) in [4.78, 5) is 14.5. The molecule has 0 amide bonds. The van der Waals surface area contributed by atoms with Gasteiger partial charge in [-0.05, 0) is 12.8 Å². The van der Waals surface area contributed by atoms with Crippen molar-refractivity contribution in [2.45, 2.75) is 26.8 Å². The molecule has 4 N–H and O–H groups in total. The number of nitrogen functional groups attached to an aromatic ring is 1.